The first kappa shape index (κ1) is 37.5. The Bertz CT molecular complexity index is 3340. The fourth-order valence-corrected chi connectivity index (χ4v) is 11.6. The van der Waals surface area contributed by atoms with Crippen LogP contribution in [0.5, 0.6) is 0 Å². The monoisotopic (exact) mass is 827 g/mol. The second-order valence-corrected chi connectivity index (χ2v) is 18.4. The zero-order chi connectivity index (χ0) is 43.3. The van der Waals surface area contributed by atoms with Crippen molar-refractivity contribution >= 4 is 17.1 Å². The van der Waals surface area contributed by atoms with E-state index in [1.165, 1.54) is 100 Å². The van der Waals surface area contributed by atoms with Crippen molar-refractivity contribution in [3.05, 3.63) is 270 Å². The molecule has 13 rings (SSSR count). The minimum atomic E-state index is -0.368. The van der Waals surface area contributed by atoms with Gasteiger partial charge >= 0.3 is 0 Å². The second-order valence-electron chi connectivity index (χ2n) is 18.4. The molecule has 0 radical (unpaired) electrons. The van der Waals surface area contributed by atoms with E-state index in [-0.39, 0.29) is 10.8 Å². The van der Waals surface area contributed by atoms with Gasteiger partial charge in [-0.05, 0) is 149 Å². The molecule has 0 atom stereocenters. The van der Waals surface area contributed by atoms with E-state index in [1.54, 1.807) is 0 Å². The number of hydrogen-bond acceptors (Lipinski definition) is 1. The van der Waals surface area contributed by atoms with Crippen molar-refractivity contribution in [2.75, 3.05) is 4.90 Å². The van der Waals surface area contributed by atoms with E-state index in [0.29, 0.717) is 0 Å². The van der Waals surface area contributed by atoms with E-state index < -0.39 is 0 Å². The van der Waals surface area contributed by atoms with E-state index in [9.17, 15) is 0 Å². The summed E-state index contributed by atoms with van der Waals surface area (Å²) in [6, 6.07) is 88.0. The summed E-state index contributed by atoms with van der Waals surface area (Å²) < 4.78 is 0. The van der Waals surface area contributed by atoms with Gasteiger partial charge in [-0.3, -0.25) is 0 Å². The maximum absolute atomic E-state index is 2.51. The number of benzene rings is 10. The summed E-state index contributed by atoms with van der Waals surface area (Å²) in [7, 11) is 0. The van der Waals surface area contributed by atoms with Gasteiger partial charge < -0.3 is 4.90 Å². The van der Waals surface area contributed by atoms with Crippen molar-refractivity contribution in [2.45, 2.75) is 24.7 Å². The normalized spacial score (nSPS) is 13.9. The number of rotatable bonds is 6. The van der Waals surface area contributed by atoms with Crippen LogP contribution in [-0.4, -0.2) is 0 Å². The summed E-state index contributed by atoms with van der Waals surface area (Å²) >= 11 is 0. The Morgan fingerprint density at radius 2 is 0.569 bits per heavy atom. The summed E-state index contributed by atoms with van der Waals surface area (Å²) in [5.41, 5.74) is 26.3. The third-order valence-electron chi connectivity index (χ3n) is 14.7. The van der Waals surface area contributed by atoms with Gasteiger partial charge in [0.15, 0.2) is 0 Å². The van der Waals surface area contributed by atoms with Gasteiger partial charge in [-0.25, -0.2) is 0 Å². The Morgan fingerprint density at radius 3 is 1.05 bits per heavy atom. The van der Waals surface area contributed by atoms with Crippen LogP contribution in [0.2, 0.25) is 0 Å². The van der Waals surface area contributed by atoms with Gasteiger partial charge in [0.2, 0.25) is 0 Å². The Kier molecular flexibility index (Phi) is 8.24. The van der Waals surface area contributed by atoms with E-state index in [2.05, 4.69) is 255 Å². The summed E-state index contributed by atoms with van der Waals surface area (Å²) in [6.45, 7) is 4.80. The van der Waals surface area contributed by atoms with Crippen LogP contribution >= 0.6 is 0 Å². The maximum atomic E-state index is 2.51. The van der Waals surface area contributed by atoms with Gasteiger partial charge in [-0.2, -0.15) is 0 Å². The highest BCUT2D eigenvalue weighted by atomic mass is 15.1. The van der Waals surface area contributed by atoms with Crippen LogP contribution in [0, 0.1) is 0 Å². The molecule has 65 heavy (non-hydrogen) atoms. The van der Waals surface area contributed by atoms with E-state index in [0.717, 1.165) is 17.1 Å². The molecule has 0 saturated carbocycles. The minimum Gasteiger partial charge on any atom is -0.310 e. The lowest BCUT2D eigenvalue weighted by atomic mass is 9.70. The fourth-order valence-electron chi connectivity index (χ4n) is 11.6. The molecule has 1 spiro atoms. The van der Waals surface area contributed by atoms with Gasteiger partial charge in [0.05, 0.1) is 5.41 Å². The van der Waals surface area contributed by atoms with Gasteiger partial charge in [-0.15, -0.1) is 0 Å². The predicted octanol–water partition coefficient (Wildman–Crippen LogP) is 16.8. The van der Waals surface area contributed by atoms with E-state index >= 15 is 0 Å². The standard InChI is InChI=1S/C64H45N/c1-63(2)60-39-46(47-30-37-56-53-21-11-14-24-59(53)64(62(56)40-47)57-22-12-9-19-51(57)52-20-10-13-23-58(52)64)29-36-54(60)55-38-35-50(41-61(55)63)65(48-31-25-44(26-32-48)42-15-5-3-6-16-42)49-33-27-45(28-34-49)43-17-7-4-8-18-43/h3-41H,1-2H3. The van der Waals surface area contributed by atoms with Crippen LogP contribution in [0.4, 0.5) is 17.1 Å². The third-order valence-corrected chi connectivity index (χ3v) is 14.7. The van der Waals surface area contributed by atoms with Crippen molar-refractivity contribution in [1.29, 1.82) is 0 Å². The van der Waals surface area contributed by atoms with Gasteiger partial charge in [0.1, 0.15) is 0 Å². The molecule has 306 valence electrons. The number of anilines is 3. The lowest BCUT2D eigenvalue weighted by Crippen LogP contribution is -2.25. The molecule has 10 aromatic rings. The SMILES string of the molecule is CC1(C)c2cc(-c3ccc4c(c3)C3(c5ccccc5-c5ccccc53)c3ccccc3-4)ccc2-c2ccc(N(c3ccc(-c4ccccc4)cc3)c3ccc(-c4ccccc4)cc3)cc21. The summed E-state index contributed by atoms with van der Waals surface area (Å²) in [6.07, 6.45) is 0. The lowest BCUT2D eigenvalue weighted by Gasteiger charge is -2.30. The Morgan fingerprint density at radius 1 is 0.246 bits per heavy atom. The first-order valence-electron chi connectivity index (χ1n) is 22.8. The molecule has 0 bridgehead atoms. The zero-order valence-corrected chi connectivity index (χ0v) is 36.5. The van der Waals surface area contributed by atoms with Gasteiger partial charge in [-0.1, -0.05) is 202 Å². The molecule has 0 aromatic heterocycles. The summed E-state index contributed by atoms with van der Waals surface area (Å²) in [5, 5.41) is 0. The average Bonchev–Trinajstić information content (AvgIpc) is 3.93. The van der Waals surface area contributed by atoms with Crippen LogP contribution in [0.1, 0.15) is 47.2 Å². The zero-order valence-electron chi connectivity index (χ0n) is 36.5. The Labute approximate surface area is 381 Å². The van der Waals surface area contributed by atoms with Crippen LogP contribution in [0.15, 0.2) is 237 Å². The summed E-state index contributed by atoms with van der Waals surface area (Å²) in [4.78, 5) is 2.41. The molecule has 3 aliphatic rings. The molecular formula is C64H45N. The van der Waals surface area contributed by atoms with E-state index in [4.69, 9.17) is 0 Å². The van der Waals surface area contributed by atoms with Crippen molar-refractivity contribution in [1.82, 2.24) is 0 Å². The lowest BCUT2D eigenvalue weighted by molar-refractivity contribution is 0.660. The van der Waals surface area contributed by atoms with Crippen LogP contribution in [-0.2, 0) is 10.8 Å². The first-order valence-corrected chi connectivity index (χ1v) is 22.8. The molecule has 3 aliphatic carbocycles. The molecular weight excluding hydrogens is 783 g/mol. The molecule has 0 saturated heterocycles. The maximum Gasteiger partial charge on any atom is 0.0725 e. The molecule has 0 aliphatic heterocycles. The largest absolute Gasteiger partial charge is 0.310 e. The highest BCUT2D eigenvalue weighted by Gasteiger charge is 2.51. The highest BCUT2D eigenvalue weighted by Crippen LogP contribution is 2.63. The van der Waals surface area contributed by atoms with Crippen molar-refractivity contribution in [2.24, 2.45) is 0 Å². The van der Waals surface area contributed by atoms with Crippen molar-refractivity contribution < 1.29 is 0 Å². The number of fused-ring (bicyclic) bond motifs is 13. The molecule has 0 fully saturated rings. The number of hydrogen-bond donors (Lipinski definition) is 0. The van der Waals surface area contributed by atoms with E-state index in [1.807, 2.05) is 0 Å². The Hall–Kier alpha value is -8.00. The smallest absolute Gasteiger partial charge is 0.0725 e. The van der Waals surface area contributed by atoms with Crippen LogP contribution in [0.25, 0.3) is 66.8 Å². The average molecular weight is 828 g/mol. The molecule has 0 unspecified atom stereocenters. The molecule has 1 nitrogen and oxygen atoms in total. The molecule has 0 heterocycles. The minimum absolute atomic E-state index is 0.228. The predicted molar refractivity (Wildman–Crippen MR) is 271 cm³/mol. The van der Waals surface area contributed by atoms with Gasteiger partial charge in [0.25, 0.3) is 0 Å². The molecule has 10 aromatic carbocycles. The fraction of sp³-hybridized carbons (Fsp3) is 0.0625. The molecule has 0 N–H and O–H groups in total. The topological polar surface area (TPSA) is 3.24 Å². The Balaban J connectivity index is 0.904. The molecule has 0 amide bonds. The highest BCUT2D eigenvalue weighted by molar-refractivity contribution is 5.96. The second kappa shape index (κ2) is 14.3. The summed E-state index contributed by atoms with van der Waals surface area (Å²) in [5.74, 6) is 0. The first-order chi connectivity index (χ1) is 32.0. The van der Waals surface area contributed by atoms with Crippen LogP contribution in [0.3, 0.4) is 0 Å². The molecule has 1 heteroatoms. The quantitative estimate of drug-likeness (QED) is 0.161. The van der Waals surface area contributed by atoms with Crippen molar-refractivity contribution in [3.63, 3.8) is 0 Å². The van der Waals surface area contributed by atoms with Gasteiger partial charge in [0, 0.05) is 22.5 Å². The van der Waals surface area contributed by atoms with Crippen LogP contribution < -0.4 is 4.90 Å². The van der Waals surface area contributed by atoms with Crippen molar-refractivity contribution in [3.8, 4) is 66.8 Å². The number of nitrogens with zero attached hydrogens (tertiary/aromatic N) is 1. The third kappa shape index (κ3) is 5.52.